The lowest BCUT2D eigenvalue weighted by Gasteiger charge is -2.35. The Balaban J connectivity index is 1.75. The maximum Gasteiger partial charge on any atom is 0.256 e. The van der Waals surface area contributed by atoms with Gasteiger partial charge in [0.25, 0.3) is 5.91 Å². The van der Waals surface area contributed by atoms with E-state index in [0.29, 0.717) is 17.6 Å². The molecular weight excluding hydrogens is 303 g/mol. The van der Waals surface area contributed by atoms with Crippen LogP contribution in [0.2, 0.25) is 0 Å². The zero-order valence-corrected chi connectivity index (χ0v) is 13.4. The zero-order valence-electron chi connectivity index (χ0n) is 13.4. The minimum Gasteiger partial charge on any atom is -0.331 e. The van der Waals surface area contributed by atoms with Crippen molar-refractivity contribution in [2.75, 3.05) is 6.54 Å². The topological polar surface area (TPSA) is 33.2 Å². The number of para-hydroxylation sites is 1. The van der Waals surface area contributed by atoms with Crippen LogP contribution in [0.5, 0.6) is 0 Å². The Labute approximate surface area is 139 Å². The van der Waals surface area contributed by atoms with Crippen molar-refractivity contribution < 1.29 is 9.18 Å². The number of aromatic nitrogens is 1. The summed E-state index contributed by atoms with van der Waals surface area (Å²) in [4.78, 5) is 19.3. The number of hydrogen-bond acceptors (Lipinski definition) is 2. The Bertz CT molecular complexity index is 933. The number of carbonyl (C=O) groups is 1. The van der Waals surface area contributed by atoms with E-state index in [2.05, 4.69) is 4.98 Å². The van der Waals surface area contributed by atoms with Crippen LogP contribution in [-0.2, 0) is 6.42 Å². The second kappa shape index (κ2) is 5.71. The summed E-state index contributed by atoms with van der Waals surface area (Å²) >= 11 is 0. The van der Waals surface area contributed by atoms with E-state index in [9.17, 15) is 9.18 Å². The Morgan fingerprint density at radius 2 is 2.04 bits per heavy atom. The van der Waals surface area contributed by atoms with E-state index in [1.165, 1.54) is 6.07 Å². The summed E-state index contributed by atoms with van der Waals surface area (Å²) in [6, 6.07) is 14.1. The summed E-state index contributed by atoms with van der Waals surface area (Å²) in [6.45, 7) is 2.58. The van der Waals surface area contributed by atoms with Crippen molar-refractivity contribution in [1.82, 2.24) is 9.88 Å². The molecule has 2 heterocycles. The van der Waals surface area contributed by atoms with Crippen molar-refractivity contribution in [2.45, 2.75) is 19.4 Å². The first-order valence-corrected chi connectivity index (χ1v) is 8.08. The first kappa shape index (κ1) is 14.8. The number of halogens is 1. The second-order valence-electron chi connectivity index (χ2n) is 6.15. The molecule has 0 radical (unpaired) electrons. The van der Waals surface area contributed by atoms with E-state index >= 15 is 0 Å². The minimum atomic E-state index is -0.262. The molecule has 24 heavy (non-hydrogen) atoms. The van der Waals surface area contributed by atoms with E-state index < -0.39 is 0 Å². The standard InChI is InChI=1S/C20H17FN2O/c1-13-18-12-16(21)8-7-14(18)9-11-23(13)20(24)17-6-2-4-15-5-3-10-22-19(15)17/h2-8,10,12-13H,9,11H2,1H3. The summed E-state index contributed by atoms with van der Waals surface area (Å²) in [5.74, 6) is -0.316. The van der Waals surface area contributed by atoms with Crippen LogP contribution in [0.3, 0.4) is 0 Å². The molecule has 1 aliphatic rings. The van der Waals surface area contributed by atoms with Crippen molar-refractivity contribution in [3.8, 4) is 0 Å². The smallest absolute Gasteiger partial charge is 0.256 e. The highest BCUT2D eigenvalue weighted by Gasteiger charge is 2.29. The van der Waals surface area contributed by atoms with E-state index in [-0.39, 0.29) is 17.8 Å². The van der Waals surface area contributed by atoms with E-state index in [0.717, 1.165) is 22.9 Å². The maximum atomic E-state index is 13.6. The highest BCUT2D eigenvalue weighted by atomic mass is 19.1. The van der Waals surface area contributed by atoms with Crippen LogP contribution < -0.4 is 0 Å². The molecular formula is C20H17FN2O. The molecule has 1 amide bonds. The lowest BCUT2D eigenvalue weighted by Crippen LogP contribution is -2.39. The van der Waals surface area contributed by atoms with Gasteiger partial charge in [0, 0.05) is 18.1 Å². The Kier molecular flexibility index (Phi) is 3.53. The number of amides is 1. The molecule has 0 N–H and O–H groups in total. The largest absolute Gasteiger partial charge is 0.331 e. The third-order valence-corrected chi connectivity index (χ3v) is 4.77. The van der Waals surface area contributed by atoms with Gasteiger partial charge in [0.05, 0.1) is 17.1 Å². The lowest BCUT2D eigenvalue weighted by molar-refractivity contribution is 0.0679. The van der Waals surface area contributed by atoms with Gasteiger partial charge in [-0.15, -0.1) is 0 Å². The predicted molar refractivity (Wildman–Crippen MR) is 91.3 cm³/mol. The van der Waals surface area contributed by atoms with Crippen molar-refractivity contribution in [3.05, 3.63) is 77.2 Å². The van der Waals surface area contributed by atoms with Crippen LogP contribution in [-0.4, -0.2) is 22.3 Å². The summed E-state index contributed by atoms with van der Waals surface area (Å²) < 4.78 is 13.6. The Morgan fingerprint density at radius 1 is 1.21 bits per heavy atom. The van der Waals surface area contributed by atoms with E-state index in [4.69, 9.17) is 0 Å². The van der Waals surface area contributed by atoms with Gasteiger partial charge in [-0.1, -0.05) is 24.3 Å². The van der Waals surface area contributed by atoms with Crippen molar-refractivity contribution in [3.63, 3.8) is 0 Å². The molecule has 0 aliphatic carbocycles. The van der Waals surface area contributed by atoms with Gasteiger partial charge < -0.3 is 4.90 Å². The molecule has 3 nitrogen and oxygen atoms in total. The molecule has 120 valence electrons. The van der Waals surface area contributed by atoms with Crippen LogP contribution in [0.1, 0.15) is 34.5 Å². The number of nitrogens with zero attached hydrogens (tertiary/aromatic N) is 2. The number of hydrogen-bond donors (Lipinski definition) is 0. The average molecular weight is 320 g/mol. The van der Waals surface area contributed by atoms with Crippen LogP contribution in [0.25, 0.3) is 10.9 Å². The van der Waals surface area contributed by atoms with Crippen molar-refractivity contribution >= 4 is 16.8 Å². The number of rotatable bonds is 1. The highest BCUT2D eigenvalue weighted by molar-refractivity contribution is 6.05. The fourth-order valence-corrected chi connectivity index (χ4v) is 3.49. The van der Waals surface area contributed by atoms with Crippen LogP contribution in [0.4, 0.5) is 4.39 Å². The molecule has 0 saturated carbocycles. The molecule has 1 aromatic heterocycles. The number of benzene rings is 2. The Hall–Kier alpha value is -2.75. The van der Waals surface area contributed by atoms with Gasteiger partial charge in [0.2, 0.25) is 0 Å². The van der Waals surface area contributed by atoms with Gasteiger partial charge in [-0.2, -0.15) is 0 Å². The van der Waals surface area contributed by atoms with Gasteiger partial charge in [-0.3, -0.25) is 9.78 Å². The second-order valence-corrected chi connectivity index (χ2v) is 6.15. The van der Waals surface area contributed by atoms with Crippen molar-refractivity contribution in [1.29, 1.82) is 0 Å². The van der Waals surface area contributed by atoms with Crippen LogP contribution >= 0.6 is 0 Å². The monoisotopic (exact) mass is 320 g/mol. The zero-order chi connectivity index (χ0) is 16.7. The average Bonchev–Trinajstić information content (AvgIpc) is 2.61. The van der Waals surface area contributed by atoms with Gasteiger partial charge >= 0.3 is 0 Å². The first-order chi connectivity index (χ1) is 11.6. The predicted octanol–water partition coefficient (Wildman–Crippen LogP) is 4.13. The van der Waals surface area contributed by atoms with Crippen molar-refractivity contribution in [2.24, 2.45) is 0 Å². The number of fused-ring (bicyclic) bond motifs is 2. The van der Waals surface area contributed by atoms with Gasteiger partial charge in [-0.05, 0) is 48.7 Å². The molecule has 4 heteroatoms. The molecule has 0 bridgehead atoms. The third-order valence-electron chi connectivity index (χ3n) is 4.77. The highest BCUT2D eigenvalue weighted by Crippen LogP contribution is 2.32. The molecule has 1 atom stereocenters. The normalized spacial score (nSPS) is 16.9. The first-order valence-electron chi connectivity index (χ1n) is 8.08. The number of pyridine rings is 1. The summed E-state index contributed by atoms with van der Waals surface area (Å²) in [7, 11) is 0. The minimum absolute atomic E-state index is 0.0540. The molecule has 1 aliphatic heterocycles. The van der Waals surface area contributed by atoms with Crippen LogP contribution in [0.15, 0.2) is 54.7 Å². The SMILES string of the molecule is CC1c2cc(F)ccc2CCN1C(=O)c1cccc2cccnc12. The summed E-state index contributed by atoms with van der Waals surface area (Å²) in [6.07, 6.45) is 2.44. The van der Waals surface area contributed by atoms with E-state index in [1.807, 2.05) is 48.2 Å². The Morgan fingerprint density at radius 3 is 2.92 bits per heavy atom. The third kappa shape index (κ3) is 2.35. The van der Waals surface area contributed by atoms with Gasteiger partial charge in [0.1, 0.15) is 5.82 Å². The number of carbonyl (C=O) groups excluding carboxylic acids is 1. The quantitative estimate of drug-likeness (QED) is 0.675. The molecule has 4 rings (SSSR count). The fourth-order valence-electron chi connectivity index (χ4n) is 3.49. The molecule has 1 unspecified atom stereocenters. The van der Waals surface area contributed by atoms with Crippen LogP contribution in [0, 0.1) is 5.82 Å². The molecule has 0 fully saturated rings. The van der Waals surface area contributed by atoms with E-state index in [1.54, 1.807) is 12.3 Å². The molecule has 0 spiro atoms. The summed E-state index contributed by atoms with van der Waals surface area (Å²) in [5.41, 5.74) is 3.31. The molecule has 0 saturated heterocycles. The van der Waals surface area contributed by atoms with Gasteiger partial charge in [0.15, 0.2) is 0 Å². The molecule has 2 aromatic carbocycles. The summed E-state index contributed by atoms with van der Waals surface area (Å²) in [5, 5.41) is 0.944. The van der Waals surface area contributed by atoms with Gasteiger partial charge in [-0.25, -0.2) is 4.39 Å². The lowest BCUT2D eigenvalue weighted by atomic mass is 9.92. The maximum absolute atomic E-state index is 13.6. The molecule has 3 aromatic rings. The fraction of sp³-hybridized carbons (Fsp3) is 0.200.